The second kappa shape index (κ2) is 3.88. The van der Waals surface area contributed by atoms with Crippen LogP contribution in [0.1, 0.15) is 34.5 Å². The molecule has 0 radical (unpaired) electrons. The Morgan fingerprint density at radius 3 is 2.92 bits per heavy atom. The predicted octanol–water partition coefficient (Wildman–Crippen LogP) is 2.33. The number of hydrogen-bond acceptors (Lipinski definition) is 2. The van der Waals surface area contributed by atoms with E-state index in [0.717, 1.165) is 24.0 Å². The lowest BCUT2D eigenvalue weighted by molar-refractivity contribution is 0.0967. The zero-order valence-corrected chi connectivity index (χ0v) is 8.36. The number of pyridine rings is 1. The standard InChI is InChI=1S/C10H11NO.ClH/c1-7-5-8-3-2-4-9(12)10(8)11-6-7;/h5-6H,2-4H2,1H3;1H. The highest BCUT2D eigenvalue weighted by atomic mass is 35.5. The summed E-state index contributed by atoms with van der Waals surface area (Å²) in [7, 11) is 0. The molecule has 70 valence electrons. The average Bonchev–Trinajstić information content (AvgIpc) is 2.04. The summed E-state index contributed by atoms with van der Waals surface area (Å²) in [4.78, 5) is 15.5. The molecule has 0 spiro atoms. The highest BCUT2D eigenvalue weighted by Gasteiger charge is 2.17. The molecule has 0 aliphatic heterocycles. The Morgan fingerprint density at radius 1 is 1.38 bits per heavy atom. The van der Waals surface area contributed by atoms with E-state index in [9.17, 15) is 4.79 Å². The van der Waals surface area contributed by atoms with Crippen LogP contribution in [-0.2, 0) is 6.42 Å². The van der Waals surface area contributed by atoms with Crippen LogP contribution < -0.4 is 0 Å². The fourth-order valence-electron chi connectivity index (χ4n) is 1.63. The molecule has 0 fully saturated rings. The van der Waals surface area contributed by atoms with E-state index in [-0.39, 0.29) is 18.2 Å². The minimum absolute atomic E-state index is 0. The number of hydrogen-bond donors (Lipinski definition) is 0. The van der Waals surface area contributed by atoms with Gasteiger partial charge in [-0.15, -0.1) is 12.4 Å². The van der Waals surface area contributed by atoms with Crippen molar-refractivity contribution in [3.63, 3.8) is 0 Å². The van der Waals surface area contributed by atoms with Gasteiger partial charge in [0.05, 0.1) is 0 Å². The van der Waals surface area contributed by atoms with Gasteiger partial charge in [-0.2, -0.15) is 0 Å². The van der Waals surface area contributed by atoms with Crippen molar-refractivity contribution in [2.75, 3.05) is 0 Å². The van der Waals surface area contributed by atoms with Crippen LogP contribution in [0, 0.1) is 6.92 Å². The average molecular weight is 198 g/mol. The van der Waals surface area contributed by atoms with Crippen molar-refractivity contribution >= 4 is 18.2 Å². The lowest BCUT2D eigenvalue weighted by Crippen LogP contribution is -2.12. The quantitative estimate of drug-likeness (QED) is 0.639. The van der Waals surface area contributed by atoms with E-state index in [4.69, 9.17) is 0 Å². The lowest BCUT2D eigenvalue weighted by Gasteiger charge is -2.13. The van der Waals surface area contributed by atoms with Crippen LogP contribution in [0.3, 0.4) is 0 Å². The van der Waals surface area contributed by atoms with E-state index in [1.807, 2.05) is 6.92 Å². The van der Waals surface area contributed by atoms with Crippen molar-refractivity contribution in [3.8, 4) is 0 Å². The zero-order chi connectivity index (χ0) is 8.55. The van der Waals surface area contributed by atoms with E-state index >= 15 is 0 Å². The summed E-state index contributed by atoms with van der Waals surface area (Å²) in [5.74, 6) is 0.205. The van der Waals surface area contributed by atoms with Crippen molar-refractivity contribution in [3.05, 3.63) is 29.1 Å². The number of rotatable bonds is 0. The smallest absolute Gasteiger partial charge is 0.181 e. The van der Waals surface area contributed by atoms with Crippen LogP contribution in [0.5, 0.6) is 0 Å². The van der Waals surface area contributed by atoms with Crippen LogP contribution >= 0.6 is 12.4 Å². The molecule has 0 atom stereocenters. The third kappa shape index (κ3) is 1.89. The summed E-state index contributed by atoms with van der Waals surface area (Å²) in [6.07, 6.45) is 4.43. The third-order valence-corrected chi connectivity index (χ3v) is 2.22. The Labute approximate surface area is 83.8 Å². The maximum Gasteiger partial charge on any atom is 0.181 e. The van der Waals surface area contributed by atoms with Gasteiger partial charge in [0.2, 0.25) is 0 Å². The molecule has 1 aromatic heterocycles. The van der Waals surface area contributed by atoms with Gasteiger partial charge < -0.3 is 0 Å². The monoisotopic (exact) mass is 197 g/mol. The van der Waals surface area contributed by atoms with Crippen LogP contribution in [0.15, 0.2) is 12.3 Å². The van der Waals surface area contributed by atoms with Crippen molar-refractivity contribution in [2.45, 2.75) is 26.2 Å². The number of carbonyl (C=O) groups is 1. The molecule has 1 aliphatic carbocycles. The van der Waals surface area contributed by atoms with Crippen LogP contribution in [0.4, 0.5) is 0 Å². The van der Waals surface area contributed by atoms with Gasteiger partial charge in [-0.3, -0.25) is 9.78 Å². The minimum atomic E-state index is 0. The molecule has 2 rings (SSSR count). The van der Waals surface area contributed by atoms with Crippen LogP contribution in [0.2, 0.25) is 0 Å². The summed E-state index contributed by atoms with van der Waals surface area (Å²) in [5.41, 5.74) is 2.97. The van der Waals surface area contributed by atoms with Gasteiger partial charge in [0.25, 0.3) is 0 Å². The Hall–Kier alpha value is -0.890. The lowest BCUT2D eigenvalue weighted by atomic mass is 9.94. The van der Waals surface area contributed by atoms with Gasteiger partial charge in [0, 0.05) is 12.6 Å². The number of aromatic nitrogens is 1. The van der Waals surface area contributed by atoms with Gasteiger partial charge in [0.15, 0.2) is 5.78 Å². The largest absolute Gasteiger partial charge is 0.292 e. The Morgan fingerprint density at radius 2 is 2.15 bits per heavy atom. The van der Waals surface area contributed by atoms with Crippen LogP contribution in [0.25, 0.3) is 0 Å². The van der Waals surface area contributed by atoms with Gasteiger partial charge in [-0.05, 0) is 30.9 Å². The van der Waals surface area contributed by atoms with Crippen molar-refractivity contribution in [1.29, 1.82) is 0 Å². The maximum absolute atomic E-state index is 11.3. The number of aryl methyl sites for hydroxylation is 2. The molecule has 1 aromatic rings. The molecule has 0 aromatic carbocycles. The Kier molecular flexibility index (Phi) is 3.04. The summed E-state index contributed by atoms with van der Waals surface area (Å²) in [5, 5.41) is 0. The first-order valence-electron chi connectivity index (χ1n) is 4.26. The Bertz CT molecular complexity index is 336. The molecule has 0 amide bonds. The van der Waals surface area contributed by atoms with E-state index in [2.05, 4.69) is 11.1 Å². The minimum Gasteiger partial charge on any atom is -0.292 e. The van der Waals surface area contributed by atoms with Crippen LogP contribution in [-0.4, -0.2) is 10.8 Å². The topological polar surface area (TPSA) is 30.0 Å². The fourth-order valence-corrected chi connectivity index (χ4v) is 1.63. The normalized spacial score (nSPS) is 14.7. The Balaban J connectivity index is 0.000000845. The maximum atomic E-state index is 11.3. The molecule has 0 bridgehead atoms. The van der Waals surface area contributed by atoms with Gasteiger partial charge in [0.1, 0.15) is 5.69 Å². The van der Waals surface area contributed by atoms with Crippen molar-refractivity contribution in [1.82, 2.24) is 4.98 Å². The van der Waals surface area contributed by atoms with E-state index < -0.39 is 0 Å². The predicted molar refractivity (Wildman–Crippen MR) is 53.5 cm³/mol. The molecule has 13 heavy (non-hydrogen) atoms. The molecule has 2 nitrogen and oxygen atoms in total. The van der Waals surface area contributed by atoms with E-state index in [1.54, 1.807) is 6.20 Å². The SMILES string of the molecule is Cc1cnc2c(c1)CCCC2=O.Cl. The van der Waals surface area contributed by atoms with E-state index in [0.29, 0.717) is 12.1 Å². The molecular formula is C10H12ClNO. The molecule has 0 N–H and O–H groups in total. The summed E-state index contributed by atoms with van der Waals surface area (Å²) in [6.45, 7) is 2.01. The van der Waals surface area contributed by atoms with Gasteiger partial charge in [-0.25, -0.2) is 0 Å². The first-order valence-corrected chi connectivity index (χ1v) is 4.26. The zero-order valence-electron chi connectivity index (χ0n) is 7.54. The molecule has 1 heterocycles. The molecule has 3 heteroatoms. The number of Topliss-reactive ketones (excluding diaryl/α,β-unsaturated/α-hetero) is 1. The van der Waals surface area contributed by atoms with Gasteiger partial charge in [-0.1, -0.05) is 6.07 Å². The number of halogens is 1. The molecule has 0 saturated heterocycles. The molecular weight excluding hydrogens is 186 g/mol. The van der Waals surface area contributed by atoms with Crippen molar-refractivity contribution < 1.29 is 4.79 Å². The summed E-state index contributed by atoms with van der Waals surface area (Å²) < 4.78 is 0. The fraction of sp³-hybridized carbons (Fsp3) is 0.400. The second-order valence-electron chi connectivity index (χ2n) is 3.30. The molecule has 1 aliphatic rings. The number of carbonyl (C=O) groups excluding carboxylic acids is 1. The third-order valence-electron chi connectivity index (χ3n) is 2.22. The first-order chi connectivity index (χ1) is 5.77. The molecule has 0 saturated carbocycles. The summed E-state index contributed by atoms with van der Waals surface area (Å²) in [6, 6.07) is 2.07. The highest BCUT2D eigenvalue weighted by molar-refractivity contribution is 5.96. The van der Waals surface area contributed by atoms with Gasteiger partial charge >= 0.3 is 0 Å². The number of ketones is 1. The molecule has 0 unspecified atom stereocenters. The number of nitrogens with zero attached hydrogens (tertiary/aromatic N) is 1. The number of fused-ring (bicyclic) bond motifs is 1. The first kappa shape index (κ1) is 10.2. The second-order valence-corrected chi connectivity index (χ2v) is 3.30. The van der Waals surface area contributed by atoms with Crippen molar-refractivity contribution in [2.24, 2.45) is 0 Å². The van der Waals surface area contributed by atoms with E-state index in [1.165, 1.54) is 0 Å². The summed E-state index contributed by atoms with van der Waals surface area (Å²) >= 11 is 0. The highest BCUT2D eigenvalue weighted by Crippen LogP contribution is 2.19.